The molecule has 1 aliphatic rings. The van der Waals surface area contributed by atoms with E-state index >= 15 is 0 Å². The molecule has 10 heavy (non-hydrogen) atoms. The minimum Gasteiger partial charge on any atom is -0.148 e. The van der Waals surface area contributed by atoms with E-state index in [4.69, 9.17) is 0 Å². The molecule has 0 aromatic heterocycles. The molecule has 0 radical (unpaired) electrons. The molecule has 1 rings (SSSR count). The zero-order valence-electron chi connectivity index (χ0n) is 7.02. The number of hydrogen-bond donors (Lipinski definition) is 1. The molecule has 0 heterocycles. The van der Waals surface area contributed by atoms with Crippen LogP contribution >= 0.6 is 12.6 Å². The average Bonchev–Trinajstić information content (AvgIpc) is 2.14. The molecular weight excluding hydrogens is 140 g/mol. The monoisotopic (exact) mass is 156 g/mol. The van der Waals surface area contributed by atoms with Gasteiger partial charge in [-0.3, -0.25) is 0 Å². The zero-order chi connectivity index (χ0) is 7.72. The molecule has 0 saturated heterocycles. The van der Waals surface area contributed by atoms with Crippen molar-refractivity contribution in [2.24, 2.45) is 11.8 Å². The van der Waals surface area contributed by atoms with Crippen molar-refractivity contribution in [1.29, 1.82) is 0 Å². The van der Waals surface area contributed by atoms with Crippen LogP contribution in [0.15, 0.2) is 10.5 Å². The van der Waals surface area contributed by atoms with Gasteiger partial charge in [0.05, 0.1) is 0 Å². The molecule has 0 nitrogen and oxygen atoms in total. The van der Waals surface area contributed by atoms with Crippen molar-refractivity contribution in [3.63, 3.8) is 0 Å². The Bertz CT molecular complexity index is 156. The quantitative estimate of drug-likeness (QED) is 0.553. The lowest BCUT2D eigenvalue weighted by molar-refractivity contribution is 0.454. The van der Waals surface area contributed by atoms with E-state index in [1.54, 1.807) is 0 Å². The van der Waals surface area contributed by atoms with Crippen LogP contribution in [0, 0.1) is 11.8 Å². The number of allylic oxidation sites excluding steroid dienone is 2. The molecule has 0 amide bonds. The fraction of sp³-hybridized carbons (Fsp3) is 0.778. The average molecular weight is 156 g/mol. The second-order valence-corrected chi connectivity index (χ2v) is 4.04. The van der Waals surface area contributed by atoms with Crippen LogP contribution in [-0.4, -0.2) is 0 Å². The van der Waals surface area contributed by atoms with Crippen LogP contribution in [0.25, 0.3) is 0 Å². The van der Waals surface area contributed by atoms with Crippen molar-refractivity contribution in [2.45, 2.75) is 33.6 Å². The lowest BCUT2D eigenvalue weighted by Crippen LogP contribution is -2.04. The summed E-state index contributed by atoms with van der Waals surface area (Å²) in [6, 6.07) is 0. The fourth-order valence-electron chi connectivity index (χ4n) is 1.60. The molecule has 1 aliphatic carbocycles. The van der Waals surface area contributed by atoms with E-state index in [2.05, 4.69) is 33.4 Å². The summed E-state index contributed by atoms with van der Waals surface area (Å²) in [5.74, 6) is 1.52. The predicted molar refractivity (Wildman–Crippen MR) is 49.2 cm³/mol. The largest absolute Gasteiger partial charge is 0.148 e. The topological polar surface area (TPSA) is 0 Å². The molecule has 0 N–H and O–H groups in total. The van der Waals surface area contributed by atoms with Gasteiger partial charge in [0.2, 0.25) is 0 Å². The Balaban J connectivity index is 2.68. The Morgan fingerprint density at radius 3 is 2.30 bits per heavy atom. The Morgan fingerprint density at radius 2 is 2.10 bits per heavy atom. The molecule has 0 aromatic rings. The fourth-order valence-corrected chi connectivity index (χ4v) is 2.14. The van der Waals surface area contributed by atoms with E-state index in [1.807, 2.05) is 0 Å². The van der Waals surface area contributed by atoms with Crippen LogP contribution < -0.4 is 0 Å². The summed E-state index contributed by atoms with van der Waals surface area (Å²) in [5, 5.41) is 0. The molecule has 0 saturated carbocycles. The number of thiol groups is 1. The summed E-state index contributed by atoms with van der Waals surface area (Å²) in [6.07, 6.45) is 2.59. The van der Waals surface area contributed by atoms with Crippen molar-refractivity contribution < 1.29 is 0 Å². The van der Waals surface area contributed by atoms with E-state index in [0.717, 1.165) is 11.8 Å². The lowest BCUT2D eigenvalue weighted by atomic mass is 9.95. The van der Waals surface area contributed by atoms with E-state index < -0.39 is 0 Å². The summed E-state index contributed by atoms with van der Waals surface area (Å²) >= 11 is 4.50. The lowest BCUT2D eigenvalue weighted by Gasteiger charge is -2.14. The van der Waals surface area contributed by atoms with Crippen LogP contribution in [-0.2, 0) is 0 Å². The normalized spacial score (nSPS) is 26.7. The Kier molecular flexibility index (Phi) is 2.45. The van der Waals surface area contributed by atoms with Crippen molar-refractivity contribution >= 4 is 12.6 Å². The van der Waals surface area contributed by atoms with Crippen molar-refractivity contribution in [1.82, 2.24) is 0 Å². The van der Waals surface area contributed by atoms with Crippen molar-refractivity contribution in [3.8, 4) is 0 Å². The SMILES string of the molecule is CC1=C(S)C(C(C)C)CC1. The maximum atomic E-state index is 4.50. The smallest absolute Gasteiger partial charge is 0.00789 e. The molecule has 0 bridgehead atoms. The molecule has 1 atom stereocenters. The third kappa shape index (κ3) is 1.39. The maximum Gasteiger partial charge on any atom is -0.00789 e. The van der Waals surface area contributed by atoms with Crippen LogP contribution in [0.1, 0.15) is 33.6 Å². The summed E-state index contributed by atoms with van der Waals surface area (Å²) in [5.41, 5.74) is 1.50. The first kappa shape index (κ1) is 8.19. The Labute approximate surface area is 69.1 Å². The van der Waals surface area contributed by atoms with Gasteiger partial charge >= 0.3 is 0 Å². The van der Waals surface area contributed by atoms with Gasteiger partial charge in [-0.05, 0) is 36.5 Å². The molecule has 1 unspecified atom stereocenters. The molecule has 0 spiro atoms. The van der Waals surface area contributed by atoms with Crippen LogP contribution in [0.2, 0.25) is 0 Å². The zero-order valence-corrected chi connectivity index (χ0v) is 7.91. The first-order valence-electron chi connectivity index (χ1n) is 4.01. The van der Waals surface area contributed by atoms with Gasteiger partial charge in [-0.15, -0.1) is 12.6 Å². The molecule has 0 aliphatic heterocycles. The highest BCUT2D eigenvalue weighted by Gasteiger charge is 2.22. The number of hydrogen-bond acceptors (Lipinski definition) is 1. The highest BCUT2D eigenvalue weighted by molar-refractivity contribution is 7.84. The van der Waals surface area contributed by atoms with E-state index in [9.17, 15) is 0 Å². The van der Waals surface area contributed by atoms with Crippen molar-refractivity contribution in [2.75, 3.05) is 0 Å². The predicted octanol–water partition coefficient (Wildman–Crippen LogP) is 3.26. The summed E-state index contributed by atoms with van der Waals surface area (Å²) < 4.78 is 0. The second-order valence-electron chi connectivity index (χ2n) is 3.55. The third-order valence-corrected chi connectivity index (χ3v) is 3.14. The summed E-state index contributed by atoms with van der Waals surface area (Å²) in [7, 11) is 0. The molecule has 0 aromatic carbocycles. The Morgan fingerprint density at radius 1 is 1.50 bits per heavy atom. The summed E-state index contributed by atoms with van der Waals surface area (Å²) in [4.78, 5) is 1.36. The van der Waals surface area contributed by atoms with Gasteiger partial charge in [-0.25, -0.2) is 0 Å². The first-order chi connectivity index (χ1) is 4.63. The van der Waals surface area contributed by atoms with E-state index in [1.165, 1.54) is 23.3 Å². The van der Waals surface area contributed by atoms with Gasteiger partial charge in [0, 0.05) is 0 Å². The van der Waals surface area contributed by atoms with Crippen LogP contribution in [0.3, 0.4) is 0 Å². The van der Waals surface area contributed by atoms with Crippen LogP contribution in [0.4, 0.5) is 0 Å². The molecule has 1 heteroatoms. The van der Waals surface area contributed by atoms with Crippen molar-refractivity contribution in [3.05, 3.63) is 10.5 Å². The Hall–Kier alpha value is 0.0900. The maximum absolute atomic E-state index is 4.50. The number of rotatable bonds is 1. The molecule has 0 fully saturated rings. The highest BCUT2D eigenvalue weighted by Crippen LogP contribution is 2.38. The second kappa shape index (κ2) is 3.00. The van der Waals surface area contributed by atoms with Gasteiger partial charge in [0.25, 0.3) is 0 Å². The van der Waals surface area contributed by atoms with Gasteiger partial charge in [0.1, 0.15) is 0 Å². The van der Waals surface area contributed by atoms with Gasteiger partial charge in [-0.1, -0.05) is 19.4 Å². The third-order valence-electron chi connectivity index (χ3n) is 2.42. The van der Waals surface area contributed by atoms with E-state index in [0.29, 0.717) is 0 Å². The molecular formula is C9H16S. The standard InChI is InChI=1S/C9H16S/c1-6(2)8-5-4-7(3)9(8)10/h6,8,10H,4-5H2,1-3H3. The molecule has 58 valence electrons. The summed E-state index contributed by atoms with van der Waals surface area (Å²) in [6.45, 7) is 6.75. The minimum absolute atomic E-state index is 0.753. The van der Waals surface area contributed by atoms with E-state index in [-0.39, 0.29) is 0 Å². The van der Waals surface area contributed by atoms with Gasteiger partial charge < -0.3 is 0 Å². The minimum atomic E-state index is 0.753. The van der Waals surface area contributed by atoms with Gasteiger partial charge in [0.15, 0.2) is 0 Å². The van der Waals surface area contributed by atoms with Crippen LogP contribution in [0.5, 0.6) is 0 Å². The first-order valence-corrected chi connectivity index (χ1v) is 4.46. The van der Waals surface area contributed by atoms with Gasteiger partial charge in [-0.2, -0.15) is 0 Å². The highest BCUT2D eigenvalue weighted by atomic mass is 32.1.